The normalized spacial score (nSPS) is 18.6. The minimum Gasteiger partial charge on any atom is -0.494 e. The first-order valence-corrected chi connectivity index (χ1v) is 8.26. The second-order valence-corrected chi connectivity index (χ2v) is 5.87. The second-order valence-electron chi connectivity index (χ2n) is 5.87. The minimum absolute atomic E-state index is 0.247. The molecule has 0 atom stereocenters. The van der Waals surface area contributed by atoms with Crippen molar-refractivity contribution in [3.05, 3.63) is 35.5 Å². The Balaban J connectivity index is 1.95. The van der Waals surface area contributed by atoms with Gasteiger partial charge in [0.05, 0.1) is 25.4 Å². The number of amides is 2. The Labute approximate surface area is 141 Å². The summed E-state index contributed by atoms with van der Waals surface area (Å²) < 4.78 is 10.9. The molecule has 6 nitrogen and oxygen atoms in total. The lowest BCUT2D eigenvalue weighted by Crippen LogP contribution is -2.39. The summed E-state index contributed by atoms with van der Waals surface area (Å²) in [6.45, 7) is 5.05. The second kappa shape index (κ2) is 7.05. The van der Waals surface area contributed by atoms with E-state index < -0.39 is 0 Å². The van der Waals surface area contributed by atoms with E-state index in [9.17, 15) is 9.59 Å². The van der Waals surface area contributed by atoms with Gasteiger partial charge in [-0.25, -0.2) is 0 Å². The fourth-order valence-electron chi connectivity index (χ4n) is 2.91. The van der Waals surface area contributed by atoms with E-state index in [0.29, 0.717) is 44.2 Å². The van der Waals surface area contributed by atoms with Crippen LogP contribution in [0.5, 0.6) is 5.75 Å². The topological polar surface area (TPSA) is 59.1 Å². The SMILES string of the molecule is CCCOc1ccc(C2=C(N3CCOCC3)C(=O)N(C)C2=O)cc1. The number of nitrogens with zero attached hydrogens (tertiary/aromatic N) is 2. The Morgan fingerprint density at radius 3 is 2.38 bits per heavy atom. The lowest BCUT2D eigenvalue weighted by Gasteiger charge is -2.29. The zero-order chi connectivity index (χ0) is 17.1. The summed E-state index contributed by atoms with van der Waals surface area (Å²) in [6, 6.07) is 7.35. The molecule has 2 aliphatic heterocycles. The van der Waals surface area contributed by atoms with Crippen molar-refractivity contribution in [1.29, 1.82) is 0 Å². The molecular formula is C18H22N2O4. The van der Waals surface area contributed by atoms with Crippen LogP contribution >= 0.6 is 0 Å². The predicted molar refractivity (Wildman–Crippen MR) is 89.3 cm³/mol. The van der Waals surface area contributed by atoms with Crippen molar-refractivity contribution in [3.63, 3.8) is 0 Å². The number of carbonyl (C=O) groups is 2. The molecule has 1 aromatic carbocycles. The highest BCUT2D eigenvalue weighted by Gasteiger charge is 2.39. The van der Waals surface area contributed by atoms with Gasteiger partial charge in [-0.1, -0.05) is 19.1 Å². The predicted octanol–water partition coefficient (Wildman–Crippen LogP) is 1.52. The largest absolute Gasteiger partial charge is 0.494 e. The number of likely N-dealkylation sites (N-methyl/N-ethyl adjacent to an activating group) is 1. The van der Waals surface area contributed by atoms with Crippen LogP contribution in [-0.2, 0) is 14.3 Å². The molecule has 0 radical (unpaired) electrons. The van der Waals surface area contributed by atoms with Crippen LogP contribution in [0.15, 0.2) is 30.0 Å². The number of hydrogen-bond donors (Lipinski definition) is 0. The van der Waals surface area contributed by atoms with Crippen molar-refractivity contribution in [2.24, 2.45) is 0 Å². The zero-order valence-electron chi connectivity index (χ0n) is 14.1. The van der Waals surface area contributed by atoms with Crippen LogP contribution in [0.2, 0.25) is 0 Å². The van der Waals surface area contributed by atoms with Gasteiger partial charge in [0.2, 0.25) is 0 Å². The van der Waals surface area contributed by atoms with Crippen LogP contribution in [0.3, 0.4) is 0 Å². The van der Waals surface area contributed by atoms with Crippen LogP contribution in [0, 0.1) is 0 Å². The number of benzene rings is 1. The van der Waals surface area contributed by atoms with E-state index in [0.717, 1.165) is 17.7 Å². The molecule has 0 unspecified atom stereocenters. The van der Waals surface area contributed by atoms with E-state index in [-0.39, 0.29) is 11.8 Å². The Kier molecular flexibility index (Phi) is 4.85. The van der Waals surface area contributed by atoms with E-state index in [2.05, 4.69) is 0 Å². The molecule has 0 aliphatic carbocycles. The molecule has 128 valence electrons. The molecule has 2 aliphatic rings. The molecule has 1 aromatic rings. The molecule has 0 spiro atoms. The third-order valence-electron chi connectivity index (χ3n) is 4.21. The van der Waals surface area contributed by atoms with Crippen LogP contribution < -0.4 is 4.74 Å². The maximum absolute atomic E-state index is 12.6. The fraction of sp³-hybridized carbons (Fsp3) is 0.444. The highest BCUT2D eigenvalue weighted by molar-refractivity contribution is 6.35. The van der Waals surface area contributed by atoms with Gasteiger partial charge in [0.25, 0.3) is 11.8 Å². The van der Waals surface area contributed by atoms with Gasteiger partial charge in [-0.2, -0.15) is 0 Å². The third-order valence-corrected chi connectivity index (χ3v) is 4.21. The van der Waals surface area contributed by atoms with Crippen LogP contribution in [0.4, 0.5) is 0 Å². The summed E-state index contributed by atoms with van der Waals surface area (Å²) >= 11 is 0. The standard InChI is InChI=1S/C18H22N2O4/c1-3-10-24-14-6-4-13(5-7-14)15-16(18(22)19(2)17(15)21)20-8-11-23-12-9-20/h4-7H,3,8-12H2,1-2H3. The summed E-state index contributed by atoms with van der Waals surface area (Å²) in [4.78, 5) is 28.3. The zero-order valence-corrected chi connectivity index (χ0v) is 14.1. The van der Waals surface area contributed by atoms with Crippen molar-refractivity contribution in [2.75, 3.05) is 40.0 Å². The molecule has 1 saturated heterocycles. The molecule has 0 saturated carbocycles. The van der Waals surface area contributed by atoms with Gasteiger partial charge < -0.3 is 14.4 Å². The first-order chi connectivity index (χ1) is 11.6. The molecule has 2 heterocycles. The summed E-state index contributed by atoms with van der Waals surface area (Å²) in [5.74, 6) is 0.256. The summed E-state index contributed by atoms with van der Waals surface area (Å²) in [5.41, 5.74) is 1.68. The minimum atomic E-state index is -0.260. The van der Waals surface area contributed by atoms with Crippen LogP contribution in [0.1, 0.15) is 18.9 Å². The molecule has 6 heteroatoms. The molecule has 3 rings (SSSR count). The Hall–Kier alpha value is -2.34. The van der Waals surface area contributed by atoms with E-state index in [1.165, 1.54) is 11.9 Å². The third kappa shape index (κ3) is 3.01. The highest BCUT2D eigenvalue weighted by Crippen LogP contribution is 2.32. The van der Waals surface area contributed by atoms with Crippen molar-refractivity contribution < 1.29 is 19.1 Å². The molecule has 0 N–H and O–H groups in total. The number of imide groups is 1. The molecule has 0 aromatic heterocycles. The van der Waals surface area contributed by atoms with Gasteiger partial charge in [-0.15, -0.1) is 0 Å². The quantitative estimate of drug-likeness (QED) is 0.766. The molecular weight excluding hydrogens is 308 g/mol. The van der Waals surface area contributed by atoms with E-state index in [1.54, 1.807) is 0 Å². The van der Waals surface area contributed by atoms with Gasteiger partial charge >= 0.3 is 0 Å². The van der Waals surface area contributed by atoms with Gasteiger partial charge in [0, 0.05) is 20.1 Å². The van der Waals surface area contributed by atoms with Crippen LogP contribution in [-0.4, -0.2) is 61.6 Å². The molecule has 0 bridgehead atoms. The number of morpholine rings is 1. The lowest BCUT2D eigenvalue weighted by molar-refractivity contribution is -0.136. The smallest absolute Gasteiger partial charge is 0.277 e. The summed E-state index contributed by atoms with van der Waals surface area (Å²) in [5, 5.41) is 0. The summed E-state index contributed by atoms with van der Waals surface area (Å²) in [6.07, 6.45) is 0.936. The molecule has 2 amide bonds. The summed E-state index contributed by atoms with van der Waals surface area (Å²) in [7, 11) is 1.52. The van der Waals surface area contributed by atoms with Crippen molar-refractivity contribution >= 4 is 17.4 Å². The van der Waals surface area contributed by atoms with E-state index in [1.807, 2.05) is 36.1 Å². The Morgan fingerprint density at radius 2 is 1.75 bits per heavy atom. The number of rotatable bonds is 5. The molecule has 24 heavy (non-hydrogen) atoms. The highest BCUT2D eigenvalue weighted by atomic mass is 16.5. The monoisotopic (exact) mass is 330 g/mol. The van der Waals surface area contributed by atoms with Gasteiger partial charge in [-0.05, 0) is 24.1 Å². The number of hydrogen-bond acceptors (Lipinski definition) is 5. The van der Waals surface area contributed by atoms with Gasteiger partial charge in [-0.3, -0.25) is 14.5 Å². The number of ether oxygens (including phenoxy) is 2. The Bertz CT molecular complexity index is 660. The Morgan fingerprint density at radius 1 is 1.08 bits per heavy atom. The van der Waals surface area contributed by atoms with Crippen molar-refractivity contribution in [1.82, 2.24) is 9.80 Å². The first-order valence-electron chi connectivity index (χ1n) is 8.26. The fourth-order valence-corrected chi connectivity index (χ4v) is 2.91. The van der Waals surface area contributed by atoms with Gasteiger partial charge in [0.1, 0.15) is 11.4 Å². The maximum atomic E-state index is 12.6. The number of carbonyl (C=O) groups excluding carboxylic acids is 2. The first kappa shape index (κ1) is 16.5. The van der Waals surface area contributed by atoms with Crippen molar-refractivity contribution in [3.8, 4) is 5.75 Å². The molecule has 1 fully saturated rings. The average Bonchev–Trinajstić information content (AvgIpc) is 2.85. The van der Waals surface area contributed by atoms with Gasteiger partial charge in [0.15, 0.2) is 0 Å². The maximum Gasteiger partial charge on any atom is 0.277 e. The average molecular weight is 330 g/mol. The van der Waals surface area contributed by atoms with Crippen molar-refractivity contribution in [2.45, 2.75) is 13.3 Å². The van der Waals surface area contributed by atoms with E-state index in [4.69, 9.17) is 9.47 Å². The lowest BCUT2D eigenvalue weighted by atomic mass is 10.0. The van der Waals surface area contributed by atoms with E-state index >= 15 is 0 Å². The van der Waals surface area contributed by atoms with Crippen LogP contribution in [0.25, 0.3) is 5.57 Å².